The Morgan fingerprint density at radius 1 is 1.18 bits per heavy atom. The summed E-state index contributed by atoms with van der Waals surface area (Å²) in [7, 11) is 0. The van der Waals surface area contributed by atoms with Gasteiger partial charge in [-0.15, -0.1) is 0 Å². The quantitative estimate of drug-likeness (QED) is 0.477. The average molecular weight is 483 g/mol. The number of esters is 1. The molecule has 0 spiro atoms. The molecule has 0 bridgehead atoms. The lowest BCUT2D eigenvalue weighted by atomic mass is 10.0. The molecule has 1 aliphatic rings. The number of H-pyrrole nitrogens is 1. The van der Waals surface area contributed by atoms with Crippen LogP contribution < -0.4 is 10.9 Å². The Morgan fingerprint density at radius 2 is 1.97 bits per heavy atom. The smallest absolute Gasteiger partial charge is 0.328 e. The first-order valence-corrected chi connectivity index (χ1v) is 11.1. The van der Waals surface area contributed by atoms with Crippen LogP contribution in [0.3, 0.4) is 0 Å². The maximum Gasteiger partial charge on any atom is 0.328 e. The Labute approximate surface area is 200 Å². The average Bonchev–Trinajstić information content (AvgIpc) is 2.84. The van der Waals surface area contributed by atoms with E-state index >= 15 is 0 Å². The normalized spacial score (nSPS) is 16.0. The summed E-state index contributed by atoms with van der Waals surface area (Å²) in [5.74, 6) is -1.09. The zero-order chi connectivity index (χ0) is 23.9. The summed E-state index contributed by atoms with van der Waals surface area (Å²) in [5, 5.41) is 4.00. The highest BCUT2D eigenvalue weighted by Gasteiger charge is 2.25. The molecule has 1 amide bonds. The van der Waals surface area contributed by atoms with Crippen molar-refractivity contribution in [1.82, 2.24) is 10.3 Å². The molecule has 3 aromatic rings. The minimum Gasteiger partial charge on any atom is -0.473 e. The fourth-order valence-electron chi connectivity index (χ4n) is 3.59. The van der Waals surface area contributed by atoms with Gasteiger partial charge < -0.3 is 24.5 Å². The van der Waals surface area contributed by atoms with Gasteiger partial charge in [-0.25, -0.2) is 4.79 Å². The fraction of sp³-hybridized carbons (Fsp3) is 0.240. The number of rotatable bonds is 8. The van der Waals surface area contributed by atoms with Crippen LogP contribution in [-0.2, 0) is 25.4 Å². The number of para-hydroxylation sites is 1. The van der Waals surface area contributed by atoms with Crippen molar-refractivity contribution < 1.29 is 23.8 Å². The number of benzene rings is 2. The number of ether oxygens (including phenoxy) is 3. The number of aromatic amines is 1. The molecule has 1 aromatic heterocycles. The third kappa shape index (κ3) is 6.03. The number of hydrogen-bond acceptors (Lipinski definition) is 6. The van der Waals surface area contributed by atoms with Gasteiger partial charge in [-0.3, -0.25) is 9.59 Å². The van der Waals surface area contributed by atoms with Gasteiger partial charge in [-0.05, 0) is 42.0 Å². The molecule has 0 saturated heterocycles. The summed E-state index contributed by atoms with van der Waals surface area (Å²) >= 11 is 5.91. The first kappa shape index (κ1) is 23.5. The molecule has 8 nitrogen and oxygen atoms in total. The number of nitrogens with one attached hydrogen (secondary N) is 2. The zero-order valence-corrected chi connectivity index (χ0v) is 18.9. The summed E-state index contributed by atoms with van der Waals surface area (Å²) in [6.45, 7) is 0.467. The Morgan fingerprint density at radius 3 is 2.74 bits per heavy atom. The van der Waals surface area contributed by atoms with E-state index in [1.807, 2.05) is 12.1 Å². The molecule has 2 N–H and O–H groups in total. The highest BCUT2D eigenvalue weighted by atomic mass is 35.5. The Hall–Kier alpha value is -3.62. The van der Waals surface area contributed by atoms with Gasteiger partial charge in [-0.1, -0.05) is 29.8 Å². The first-order valence-electron chi connectivity index (χ1n) is 10.8. The molecular weight excluding hydrogens is 460 g/mol. The lowest BCUT2D eigenvalue weighted by molar-refractivity contribution is -0.152. The summed E-state index contributed by atoms with van der Waals surface area (Å²) < 4.78 is 16.1. The van der Waals surface area contributed by atoms with Gasteiger partial charge in [0.25, 0.3) is 5.91 Å². The van der Waals surface area contributed by atoms with Crippen LogP contribution in [0.15, 0.2) is 71.7 Å². The van der Waals surface area contributed by atoms with Gasteiger partial charge in [0, 0.05) is 40.4 Å². The summed E-state index contributed by atoms with van der Waals surface area (Å²) in [5.41, 5.74) is 1.29. The number of pyridine rings is 1. The topological polar surface area (TPSA) is 107 Å². The summed E-state index contributed by atoms with van der Waals surface area (Å²) in [4.78, 5) is 40.8. The number of carbonyl (C=O) groups is 2. The van der Waals surface area contributed by atoms with Crippen LogP contribution in [-0.4, -0.2) is 42.4 Å². The maximum absolute atomic E-state index is 13.0. The Bertz CT molecular complexity index is 1250. The molecule has 2 aromatic carbocycles. The minimum atomic E-state index is -1.03. The Balaban J connectivity index is 1.52. The molecular formula is C25H23ClN2O6. The van der Waals surface area contributed by atoms with E-state index in [9.17, 15) is 14.4 Å². The number of carbonyl (C=O) groups excluding carboxylic acids is 2. The first-order chi connectivity index (χ1) is 16.5. The van der Waals surface area contributed by atoms with Gasteiger partial charge >= 0.3 is 5.97 Å². The second-order valence-electron chi connectivity index (χ2n) is 7.67. The predicted octanol–water partition coefficient (Wildman–Crippen LogP) is 3.34. The molecule has 2 unspecified atom stereocenters. The predicted molar refractivity (Wildman–Crippen MR) is 127 cm³/mol. The number of fused-ring (bicyclic) bond motifs is 1. The molecule has 2 atom stereocenters. The van der Waals surface area contributed by atoms with E-state index < -0.39 is 24.2 Å². The van der Waals surface area contributed by atoms with Crippen LogP contribution in [0.5, 0.6) is 0 Å². The second kappa shape index (κ2) is 11.0. The van der Waals surface area contributed by atoms with Crippen LogP contribution in [0.4, 0.5) is 0 Å². The summed E-state index contributed by atoms with van der Waals surface area (Å²) in [6, 6.07) is 14.0. The van der Waals surface area contributed by atoms with E-state index in [0.717, 1.165) is 5.39 Å². The molecule has 0 fully saturated rings. The van der Waals surface area contributed by atoms with Crippen LogP contribution in [0.25, 0.3) is 10.9 Å². The number of aromatic nitrogens is 1. The van der Waals surface area contributed by atoms with Crippen molar-refractivity contribution in [2.45, 2.75) is 25.2 Å². The van der Waals surface area contributed by atoms with E-state index in [-0.39, 0.29) is 18.6 Å². The molecule has 1 aliphatic heterocycles. The van der Waals surface area contributed by atoms with E-state index in [4.69, 9.17) is 25.8 Å². The molecule has 0 radical (unpaired) electrons. The maximum atomic E-state index is 13.0. The molecule has 0 saturated carbocycles. The van der Waals surface area contributed by atoms with Crippen LogP contribution in [0.1, 0.15) is 22.3 Å². The lowest BCUT2D eigenvalue weighted by Gasteiger charge is -2.21. The molecule has 34 heavy (non-hydrogen) atoms. The van der Waals surface area contributed by atoms with Crippen LogP contribution >= 0.6 is 11.6 Å². The largest absolute Gasteiger partial charge is 0.473 e. The van der Waals surface area contributed by atoms with Crippen molar-refractivity contribution in [3.63, 3.8) is 0 Å². The van der Waals surface area contributed by atoms with Crippen molar-refractivity contribution in [2.75, 3.05) is 13.2 Å². The molecule has 176 valence electrons. The molecule has 0 aliphatic carbocycles. The SMILES string of the molecule is O=C(NC(Cc1cc(=O)[nH]c2ccccc12)C(=O)OCCC1OC=CCO1)c1ccc(Cl)cc1. The van der Waals surface area contributed by atoms with E-state index in [2.05, 4.69) is 10.3 Å². The van der Waals surface area contributed by atoms with Gasteiger partial charge in [0.15, 0.2) is 0 Å². The molecule has 2 heterocycles. The lowest BCUT2D eigenvalue weighted by Crippen LogP contribution is -2.43. The fourth-order valence-corrected chi connectivity index (χ4v) is 3.72. The van der Waals surface area contributed by atoms with Crippen LogP contribution in [0, 0.1) is 0 Å². The summed E-state index contributed by atoms with van der Waals surface area (Å²) in [6.07, 6.45) is 3.18. The zero-order valence-electron chi connectivity index (χ0n) is 18.2. The van der Waals surface area contributed by atoms with Crippen molar-refractivity contribution in [2.24, 2.45) is 0 Å². The Kier molecular flexibility index (Phi) is 7.61. The standard InChI is InChI=1S/C25H23ClN2O6/c26-18-8-6-16(7-9-18)24(30)28-21(25(31)34-13-10-23-32-11-3-12-33-23)14-17-15-22(29)27-20-5-2-1-4-19(17)20/h1-9,11,15,21,23H,10,12-14H2,(H,27,29)(H,28,30). The van der Waals surface area contributed by atoms with E-state index in [0.29, 0.717) is 34.7 Å². The van der Waals surface area contributed by atoms with E-state index in [1.165, 1.54) is 6.07 Å². The number of halogens is 1. The molecule has 9 heteroatoms. The van der Waals surface area contributed by atoms with Gasteiger partial charge in [0.1, 0.15) is 6.04 Å². The van der Waals surface area contributed by atoms with Crippen LogP contribution in [0.2, 0.25) is 5.02 Å². The number of amides is 1. The number of hydrogen-bond donors (Lipinski definition) is 2. The second-order valence-corrected chi connectivity index (χ2v) is 8.10. The van der Waals surface area contributed by atoms with Gasteiger partial charge in [0.2, 0.25) is 11.8 Å². The molecule has 4 rings (SSSR count). The third-order valence-corrected chi connectivity index (χ3v) is 5.51. The van der Waals surface area contributed by atoms with Crippen molar-refractivity contribution in [1.29, 1.82) is 0 Å². The van der Waals surface area contributed by atoms with Gasteiger partial charge in [0.05, 0.1) is 19.5 Å². The minimum absolute atomic E-state index is 0.0424. The third-order valence-electron chi connectivity index (χ3n) is 5.26. The van der Waals surface area contributed by atoms with Gasteiger partial charge in [-0.2, -0.15) is 0 Å². The highest BCUT2D eigenvalue weighted by molar-refractivity contribution is 6.30. The van der Waals surface area contributed by atoms with Crippen molar-refractivity contribution in [3.8, 4) is 0 Å². The van der Waals surface area contributed by atoms with E-state index in [1.54, 1.807) is 48.7 Å². The monoisotopic (exact) mass is 482 g/mol. The van der Waals surface area contributed by atoms with Crippen molar-refractivity contribution >= 4 is 34.4 Å². The highest BCUT2D eigenvalue weighted by Crippen LogP contribution is 2.18. The van der Waals surface area contributed by atoms with Crippen molar-refractivity contribution in [3.05, 3.63) is 93.4 Å².